The van der Waals surface area contributed by atoms with Gasteiger partial charge in [-0.2, -0.15) is 0 Å². The summed E-state index contributed by atoms with van der Waals surface area (Å²) in [5, 5.41) is 0. The van der Waals surface area contributed by atoms with Crippen molar-refractivity contribution < 1.29 is 18.7 Å². The molecule has 1 aliphatic heterocycles. The molecule has 1 fully saturated rings. The topological polar surface area (TPSA) is 49.9 Å². The Morgan fingerprint density at radius 2 is 1.54 bits per heavy atom. The molecule has 2 aromatic rings. The van der Waals surface area contributed by atoms with Gasteiger partial charge in [-0.3, -0.25) is 4.79 Å². The van der Waals surface area contributed by atoms with Gasteiger partial charge >= 0.3 is 6.09 Å². The molecule has 6 heteroatoms. The SMILES string of the molecule is O=C(Oc1ccccc1)N1CCN(C(=O)c2cccc(F)c2)CC1. The Morgan fingerprint density at radius 1 is 0.875 bits per heavy atom. The van der Waals surface area contributed by atoms with E-state index >= 15 is 0 Å². The quantitative estimate of drug-likeness (QED) is 0.852. The van der Waals surface area contributed by atoms with Gasteiger partial charge in [0.2, 0.25) is 0 Å². The summed E-state index contributed by atoms with van der Waals surface area (Å²) in [4.78, 5) is 27.6. The van der Waals surface area contributed by atoms with Crippen LogP contribution in [0.4, 0.5) is 9.18 Å². The van der Waals surface area contributed by atoms with Crippen LogP contribution in [0, 0.1) is 5.82 Å². The summed E-state index contributed by atoms with van der Waals surface area (Å²) in [6.07, 6.45) is -0.431. The zero-order valence-electron chi connectivity index (χ0n) is 13.0. The van der Waals surface area contributed by atoms with E-state index in [1.165, 1.54) is 18.2 Å². The van der Waals surface area contributed by atoms with Crippen LogP contribution in [0.1, 0.15) is 10.4 Å². The van der Waals surface area contributed by atoms with E-state index in [4.69, 9.17) is 4.74 Å². The van der Waals surface area contributed by atoms with Crippen molar-refractivity contribution >= 4 is 12.0 Å². The van der Waals surface area contributed by atoms with Crippen LogP contribution in [-0.4, -0.2) is 48.0 Å². The number of carbonyl (C=O) groups is 2. The minimum absolute atomic E-state index is 0.231. The third kappa shape index (κ3) is 3.71. The fourth-order valence-corrected chi connectivity index (χ4v) is 2.55. The lowest BCUT2D eigenvalue weighted by Gasteiger charge is -2.34. The van der Waals surface area contributed by atoms with Gasteiger partial charge in [0.1, 0.15) is 11.6 Å². The molecular formula is C18H17FN2O3. The molecule has 0 radical (unpaired) electrons. The minimum Gasteiger partial charge on any atom is -0.410 e. The van der Waals surface area contributed by atoms with Gasteiger partial charge < -0.3 is 14.5 Å². The number of rotatable bonds is 2. The second-order valence-electron chi connectivity index (χ2n) is 5.47. The van der Waals surface area contributed by atoms with Crippen molar-refractivity contribution in [3.05, 3.63) is 66.0 Å². The predicted molar refractivity (Wildman–Crippen MR) is 86.3 cm³/mol. The second-order valence-corrected chi connectivity index (χ2v) is 5.47. The molecule has 0 bridgehead atoms. The molecule has 0 unspecified atom stereocenters. The highest BCUT2D eigenvalue weighted by atomic mass is 19.1. The number of carbonyl (C=O) groups excluding carboxylic acids is 2. The first-order valence-electron chi connectivity index (χ1n) is 7.70. The minimum atomic E-state index is -0.439. The monoisotopic (exact) mass is 328 g/mol. The molecule has 24 heavy (non-hydrogen) atoms. The molecule has 0 spiro atoms. The molecule has 5 nitrogen and oxygen atoms in total. The van der Waals surface area contributed by atoms with Crippen LogP contribution < -0.4 is 4.74 Å². The number of amides is 2. The number of hydrogen-bond acceptors (Lipinski definition) is 3. The van der Waals surface area contributed by atoms with Crippen LogP contribution in [0.3, 0.4) is 0 Å². The molecule has 0 aromatic heterocycles. The fourth-order valence-electron chi connectivity index (χ4n) is 2.55. The zero-order valence-corrected chi connectivity index (χ0v) is 13.0. The van der Waals surface area contributed by atoms with Gasteiger partial charge in [0.25, 0.3) is 5.91 Å². The fraction of sp³-hybridized carbons (Fsp3) is 0.222. The summed E-state index contributed by atoms with van der Waals surface area (Å²) in [5.74, 6) is -0.183. The maximum Gasteiger partial charge on any atom is 0.415 e. The van der Waals surface area contributed by atoms with Crippen LogP contribution in [0.2, 0.25) is 0 Å². The highest BCUT2D eigenvalue weighted by molar-refractivity contribution is 5.94. The Morgan fingerprint density at radius 3 is 2.21 bits per heavy atom. The van der Waals surface area contributed by atoms with Crippen LogP contribution in [0.15, 0.2) is 54.6 Å². The molecule has 2 aromatic carbocycles. The highest BCUT2D eigenvalue weighted by Gasteiger charge is 2.26. The van der Waals surface area contributed by atoms with E-state index in [2.05, 4.69) is 0 Å². The summed E-state index contributed by atoms with van der Waals surface area (Å²) in [6.45, 7) is 1.54. The first-order chi connectivity index (χ1) is 11.6. The van der Waals surface area contributed by atoms with E-state index in [-0.39, 0.29) is 5.91 Å². The molecular weight excluding hydrogens is 311 g/mol. The van der Waals surface area contributed by atoms with Crippen molar-refractivity contribution in [1.82, 2.24) is 9.80 Å². The van der Waals surface area contributed by atoms with Gasteiger partial charge in [-0.1, -0.05) is 24.3 Å². The van der Waals surface area contributed by atoms with Gasteiger partial charge in [-0.25, -0.2) is 9.18 Å². The number of ether oxygens (including phenoxy) is 1. The van der Waals surface area contributed by atoms with E-state index in [0.717, 1.165) is 0 Å². The molecule has 2 amide bonds. The first kappa shape index (κ1) is 16.0. The Balaban J connectivity index is 1.55. The van der Waals surface area contributed by atoms with Crippen LogP contribution in [0.5, 0.6) is 5.75 Å². The summed E-state index contributed by atoms with van der Waals surface area (Å²) < 4.78 is 18.5. The summed E-state index contributed by atoms with van der Waals surface area (Å²) in [7, 11) is 0. The van der Waals surface area contributed by atoms with Crippen molar-refractivity contribution in [3.8, 4) is 5.75 Å². The molecule has 1 aliphatic rings. The van der Waals surface area contributed by atoms with Crippen LogP contribution >= 0.6 is 0 Å². The molecule has 0 aliphatic carbocycles. The number of benzene rings is 2. The molecule has 1 saturated heterocycles. The average molecular weight is 328 g/mol. The number of para-hydroxylation sites is 1. The van der Waals surface area contributed by atoms with Crippen molar-refractivity contribution in [2.75, 3.05) is 26.2 Å². The number of hydrogen-bond donors (Lipinski definition) is 0. The maximum atomic E-state index is 13.2. The summed E-state index contributed by atoms with van der Waals surface area (Å²) in [5.41, 5.74) is 0.315. The van der Waals surface area contributed by atoms with Crippen LogP contribution in [-0.2, 0) is 0 Å². The average Bonchev–Trinajstić information content (AvgIpc) is 2.62. The standard InChI is InChI=1S/C18H17FN2O3/c19-15-6-4-5-14(13-15)17(22)20-9-11-21(12-10-20)18(23)24-16-7-2-1-3-8-16/h1-8,13H,9-12H2. The molecule has 0 saturated carbocycles. The van der Waals surface area contributed by atoms with Crippen molar-refractivity contribution in [1.29, 1.82) is 0 Å². The molecule has 0 N–H and O–H groups in total. The van der Waals surface area contributed by atoms with E-state index in [1.807, 2.05) is 6.07 Å². The second kappa shape index (κ2) is 7.12. The molecule has 0 atom stereocenters. The van der Waals surface area contributed by atoms with Crippen molar-refractivity contribution in [2.24, 2.45) is 0 Å². The van der Waals surface area contributed by atoms with E-state index in [1.54, 1.807) is 40.1 Å². The largest absolute Gasteiger partial charge is 0.415 e. The lowest BCUT2D eigenvalue weighted by Crippen LogP contribution is -2.51. The normalized spacial score (nSPS) is 14.4. The third-order valence-electron chi connectivity index (χ3n) is 3.85. The van der Waals surface area contributed by atoms with Gasteiger partial charge in [0, 0.05) is 31.7 Å². The Hall–Kier alpha value is -2.89. The molecule has 1 heterocycles. The van der Waals surface area contributed by atoms with Crippen LogP contribution in [0.25, 0.3) is 0 Å². The number of piperazine rings is 1. The maximum absolute atomic E-state index is 13.2. The zero-order chi connectivity index (χ0) is 16.9. The Kier molecular flexibility index (Phi) is 4.74. The van der Waals surface area contributed by atoms with Gasteiger partial charge in [-0.05, 0) is 30.3 Å². The lowest BCUT2D eigenvalue weighted by atomic mass is 10.2. The summed E-state index contributed by atoms with van der Waals surface area (Å²) >= 11 is 0. The van der Waals surface area contributed by atoms with Gasteiger partial charge in [0.15, 0.2) is 0 Å². The van der Waals surface area contributed by atoms with Gasteiger partial charge in [-0.15, -0.1) is 0 Å². The summed E-state index contributed by atoms with van der Waals surface area (Å²) in [6, 6.07) is 14.5. The smallest absolute Gasteiger partial charge is 0.410 e. The Bertz CT molecular complexity index is 728. The van der Waals surface area contributed by atoms with E-state index in [0.29, 0.717) is 37.5 Å². The van der Waals surface area contributed by atoms with Crippen molar-refractivity contribution in [3.63, 3.8) is 0 Å². The number of halogens is 1. The Labute approximate surface area is 139 Å². The van der Waals surface area contributed by atoms with Crippen molar-refractivity contribution in [2.45, 2.75) is 0 Å². The lowest BCUT2D eigenvalue weighted by molar-refractivity contribution is 0.0633. The molecule has 3 rings (SSSR count). The van der Waals surface area contributed by atoms with E-state index < -0.39 is 11.9 Å². The van der Waals surface area contributed by atoms with E-state index in [9.17, 15) is 14.0 Å². The first-order valence-corrected chi connectivity index (χ1v) is 7.70. The predicted octanol–water partition coefficient (Wildman–Crippen LogP) is 2.78. The number of nitrogens with zero attached hydrogens (tertiary/aromatic N) is 2. The molecule has 124 valence electrons. The van der Waals surface area contributed by atoms with Gasteiger partial charge in [0.05, 0.1) is 0 Å². The third-order valence-corrected chi connectivity index (χ3v) is 3.85. The highest BCUT2D eigenvalue weighted by Crippen LogP contribution is 2.13.